The van der Waals surface area contributed by atoms with E-state index in [1.165, 1.54) is 78.1 Å². The van der Waals surface area contributed by atoms with E-state index >= 15 is 0 Å². The van der Waals surface area contributed by atoms with E-state index in [9.17, 15) is 19.5 Å². The Morgan fingerprint density at radius 3 is 2.29 bits per heavy atom. The molecule has 8 nitrogen and oxygen atoms in total. The molecule has 1 unspecified atom stereocenters. The summed E-state index contributed by atoms with van der Waals surface area (Å²) >= 11 is 1.49. The monoisotopic (exact) mass is 680 g/mol. The predicted molar refractivity (Wildman–Crippen MR) is 192 cm³/mol. The van der Waals surface area contributed by atoms with Crippen LogP contribution in [0, 0.1) is 23.7 Å². The van der Waals surface area contributed by atoms with Gasteiger partial charge in [0.1, 0.15) is 6.04 Å². The van der Waals surface area contributed by atoms with Crippen molar-refractivity contribution in [2.75, 3.05) is 13.1 Å². The molecule has 49 heavy (non-hydrogen) atoms. The van der Waals surface area contributed by atoms with E-state index in [0.717, 1.165) is 53.7 Å². The van der Waals surface area contributed by atoms with Crippen LogP contribution in [-0.4, -0.2) is 56.9 Å². The summed E-state index contributed by atoms with van der Waals surface area (Å²) < 4.78 is 0. The molecule has 0 bridgehead atoms. The lowest BCUT2D eigenvalue weighted by Gasteiger charge is -2.38. The maximum atomic E-state index is 13.5. The quantitative estimate of drug-likeness (QED) is 0.202. The summed E-state index contributed by atoms with van der Waals surface area (Å²) in [6.45, 7) is 2.63. The van der Waals surface area contributed by atoms with Crippen LogP contribution in [0.15, 0.2) is 54.9 Å². The van der Waals surface area contributed by atoms with Crippen molar-refractivity contribution < 1.29 is 19.5 Å². The van der Waals surface area contributed by atoms with Crippen molar-refractivity contribution >= 4 is 34.7 Å². The number of likely N-dealkylation sites (tertiary alicyclic amines) is 1. The van der Waals surface area contributed by atoms with Gasteiger partial charge in [-0.2, -0.15) is 0 Å². The van der Waals surface area contributed by atoms with Crippen LogP contribution in [0.2, 0.25) is 0 Å². The van der Waals surface area contributed by atoms with Crippen LogP contribution in [0.4, 0.5) is 0 Å². The molecule has 2 saturated carbocycles. The largest absolute Gasteiger partial charge is 0.481 e. The van der Waals surface area contributed by atoms with Crippen molar-refractivity contribution in [1.82, 2.24) is 20.2 Å². The van der Waals surface area contributed by atoms with E-state index in [0.29, 0.717) is 23.0 Å². The molecule has 4 aliphatic rings. The van der Waals surface area contributed by atoms with Gasteiger partial charge in [-0.1, -0.05) is 62.9 Å². The number of allylic oxidation sites excluding steroid dienone is 2. The molecule has 1 saturated heterocycles. The molecule has 3 fully saturated rings. The molecule has 0 radical (unpaired) electrons. The number of aliphatic carboxylic acids is 1. The molecule has 3 aliphatic carbocycles. The predicted octanol–water partition coefficient (Wildman–Crippen LogP) is 7.76. The standard InChI is InChI=1S/C40H48N4O4S/c1-2-3-25-4-8-27(9-5-25)28-12-14-29(15-13-28)32-21-41-37(42-22-32)31-10-6-26(7-11-31)20-34(39(46)44-23-33(24-44)40(47)48)43-38(45)36-19-18-35(49-36)30-16-17-30/h6-7,10-11,14,18-19,21-22,25,27-28,30,33-34H,2-5,8-9,12-13,15-17,20,23-24H2,1H3,(H,43,45)(H,47,48)/t25?,27?,28?,34-/m0/s1. The van der Waals surface area contributed by atoms with Gasteiger partial charge >= 0.3 is 5.97 Å². The number of carboxylic acid groups (broad SMARTS) is 1. The van der Waals surface area contributed by atoms with Gasteiger partial charge in [0, 0.05) is 47.9 Å². The molecular weight excluding hydrogens is 633 g/mol. The Bertz CT molecular complexity index is 1660. The number of hydrogen-bond acceptors (Lipinski definition) is 6. The zero-order valence-electron chi connectivity index (χ0n) is 28.5. The molecule has 1 aromatic carbocycles. The lowest BCUT2D eigenvalue weighted by Crippen LogP contribution is -2.59. The smallest absolute Gasteiger partial charge is 0.310 e. The summed E-state index contributed by atoms with van der Waals surface area (Å²) in [4.78, 5) is 50.8. The second kappa shape index (κ2) is 15.0. The first-order valence-electron chi connectivity index (χ1n) is 18.4. The number of amides is 2. The normalized spacial score (nSPS) is 23.3. The molecule has 3 heterocycles. The Hall–Kier alpha value is -3.85. The first-order chi connectivity index (χ1) is 23.8. The molecule has 0 spiro atoms. The van der Waals surface area contributed by atoms with Gasteiger partial charge in [0.05, 0.1) is 10.8 Å². The summed E-state index contributed by atoms with van der Waals surface area (Å²) in [7, 11) is 0. The Morgan fingerprint density at radius 2 is 1.65 bits per heavy atom. The first kappa shape index (κ1) is 33.6. The van der Waals surface area contributed by atoms with Gasteiger partial charge in [-0.15, -0.1) is 11.3 Å². The molecule has 2 N–H and O–H groups in total. The first-order valence-corrected chi connectivity index (χ1v) is 19.2. The highest BCUT2D eigenvalue weighted by Crippen LogP contribution is 2.44. The molecule has 7 rings (SSSR count). The van der Waals surface area contributed by atoms with Crippen LogP contribution in [0.1, 0.15) is 109 Å². The molecule has 1 aliphatic heterocycles. The van der Waals surface area contributed by atoms with Crippen LogP contribution in [0.5, 0.6) is 0 Å². The lowest BCUT2D eigenvalue weighted by atomic mass is 9.70. The molecular formula is C40H48N4O4S. The Morgan fingerprint density at radius 1 is 0.918 bits per heavy atom. The van der Waals surface area contributed by atoms with Gasteiger partial charge in [-0.25, -0.2) is 9.97 Å². The fraction of sp³-hybridized carbons (Fsp3) is 0.525. The number of aromatic nitrogens is 2. The van der Waals surface area contributed by atoms with Gasteiger partial charge in [0.2, 0.25) is 5.91 Å². The number of nitrogens with zero attached hydrogens (tertiary/aromatic N) is 3. The minimum atomic E-state index is -0.902. The highest BCUT2D eigenvalue weighted by atomic mass is 32.1. The molecule has 2 aromatic heterocycles. The Kier molecular flexibility index (Phi) is 10.3. The number of nitrogens with one attached hydrogen (secondary N) is 1. The molecule has 2 atom stereocenters. The second-order valence-corrected chi connectivity index (χ2v) is 15.9. The summed E-state index contributed by atoms with van der Waals surface area (Å²) in [5.74, 6) is 1.88. The number of rotatable bonds is 12. The third-order valence-corrected chi connectivity index (χ3v) is 12.6. The fourth-order valence-corrected chi connectivity index (χ4v) is 9.18. The molecule has 3 aromatic rings. The van der Waals surface area contributed by atoms with Crippen molar-refractivity contribution in [3.63, 3.8) is 0 Å². The molecule has 9 heteroatoms. The zero-order valence-corrected chi connectivity index (χ0v) is 29.3. The van der Waals surface area contributed by atoms with E-state index < -0.39 is 17.9 Å². The van der Waals surface area contributed by atoms with Gasteiger partial charge in [-0.3, -0.25) is 14.4 Å². The Balaban J connectivity index is 0.969. The third-order valence-electron chi connectivity index (χ3n) is 11.4. The zero-order chi connectivity index (χ0) is 33.9. The van der Waals surface area contributed by atoms with Crippen LogP contribution in [0.25, 0.3) is 17.0 Å². The van der Waals surface area contributed by atoms with Crippen LogP contribution < -0.4 is 5.32 Å². The average molecular weight is 681 g/mol. The van der Waals surface area contributed by atoms with Crippen molar-refractivity contribution in [3.05, 3.63) is 75.7 Å². The Labute approximate surface area is 293 Å². The van der Waals surface area contributed by atoms with Crippen molar-refractivity contribution in [3.8, 4) is 11.4 Å². The summed E-state index contributed by atoms with van der Waals surface area (Å²) in [6, 6.07) is 10.9. The lowest BCUT2D eigenvalue weighted by molar-refractivity contribution is -0.153. The van der Waals surface area contributed by atoms with E-state index in [1.807, 2.05) is 48.8 Å². The van der Waals surface area contributed by atoms with Gasteiger partial charge < -0.3 is 15.3 Å². The minimum absolute atomic E-state index is 0.162. The maximum Gasteiger partial charge on any atom is 0.310 e. The van der Waals surface area contributed by atoms with Crippen molar-refractivity contribution in [1.29, 1.82) is 0 Å². The highest BCUT2D eigenvalue weighted by molar-refractivity contribution is 7.14. The second-order valence-electron chi connectivity index (χ2n) is 14.8. The van der Waals surface area contributed by atoms with E-state index in [4.69, 9.17) is 9.97 Å². The summed E-state index contributed by atoms with van der Waals surface area (Å²) in [5, 5.41) is 12.3. The fourth-order valence-electron chi connectivity index (χ4n) is 8.10. The van der Waals surface area contributed by atoms with Gasteiger partial charge in [-0.05, 0) is 91.9 Å². The van der Waals surface area contributed by atoms with E-state index in [1.54, 1.807) is 0 Å². The van der Waals surface area contributed by atoms with Crippen LogP contribution in [0.3, 0.4) is 0 Å². The maximum absolute atomic E-state index is 13.5. The van der Waals surface area contributed by atoms with Crippen molar-refractivity contribution in [2.45, 2.75) is 95.9 Å². The number of carboxylic acids is 1. The van der Waals surface area contributed by atoms with Gasteiger partial charge in [0.15, 0.2) is 5.82 Å². The SMILES string of the molecule is CCCC1CCC(C2CC=C(c3cnc(-c4ccc(C[C@H](NC(=O)c5ccc(C6CC6)s5)C(=O)N5CC(C(=O)O)C5)cc4)nc3)CC2)CC1. The number of thiophene rings is 1. The van der Waals surface area contributed by atoms with Crippen LogP contribution >= 0.6 is 11.3 Å². The summed E-state index contributed by atoms with van der Waals surface area (Å²) in [6.07, 6.45) is 20.8. The molecule has 258 valence electrons. The number of benzene rings is 1. The third kappa shape index (κ3) is 7.98. The van der Waals surface area contributed by atoms with E-state index in [-0.39, 0.29) is 24.9 Å². The van der Waals surface area contributed by atoms with Gasteiger partial charge in [0.25, 0.3) is 5.91 Å². The topological polar surface area (TPSA) is 112 Å². The van der Waals surface area contributed by atoms with Crippen LogP contribution in [-0.2, 0) is 16.0 Å². The number of carbonyl (C=O) groups excluding carboxylic acids is 2. The van der Waals surface area contributed by atoms with E-state index in [2.05, 4.69) is 18.3 Å². The summed E-state index contributed by atoms with van der Waals surface area (Å²) in [5.41, 5.74) is 4.24. The number of carbonyl (C=O) groups is 3. The molecule has 2 amide bonds. The highest BCUT2D eigenvalue weighted by Gasteiger charge is 2.39. The minimum Gasteiger partial charge on any atom is -0.481 e. The van der Waals surface area contributed by atoms with Crippen molar-refractivity contribution in [2.24, 2.45) is 23.7 Å². The average Bonchev–Trinajstić information content (AvgIpc) is 3.83. The number of hydrogen-bond donors (Lipinski definition) is 2.